The van der Waals surface area contributed by atoms with Gasteiger partial charge >= 0.3 is 0 Å². The van der Waals surface area contributed by atoms with E-state index in [2.05, 4.69) is 29.7 Å². The van der Waals surface area contributed by atoms with Gasteiger partial charge in [-0.3, -0.25) is 0 Å². The molecule has 4 rings (SSSR count). The number of para-hydroxylation sites is 2. The van der Waals surface area contributed by atoms with E-state index >= 15 is 0 Å². The molecule has 0 fully saturated rings. The third-order valence-corrected chi connectivity index (χ3v) is 5.21. The van der Waals surface area contributed by atoms with Gasteiger partial charge in [-0.1, -0.05) is 35.9 Å². The summed E-state index contributed by atoms with van der Waals surface area (Å²) in [5, 5.41) is 0.691. The Bertz CT molecular complexity index is 1120. The van der Waals surface area contributed by atoms with Crippen LogP contribution >= 0.6 is 11.6 Å². The summed E-state index contributed by atoms with van der Waals surface area (Å²) in [6.45, 7) is 5.53. The summed E-state index contributed by atoms with van der Waals surface area (Å²) in [4.78, 5) is 4.85. The molecule has 5 heteroatoms. The maximum atomic E-state index is 6.14. The van der Waals surface area contributed by atoms with Crippen molar-refractivity contribution in [2.24, 2.45) is 0 Å². The van der Waals surface area contributed by atoms with Gasteiger partial charge in [-0.15, -0.1) is 0 Å². The first-order valence-electron chi connectivity index (χ1n) is 10.2. The Morgan fingerprint density at radius 1 is 0.967 bits per heavy atom. The van der Waals surface area contributed by atoms with Crippen molar-refractivity contribution in [1.82, 2.24) is 9.55 Å². The van der Waals surface area contributed by atoms with Gasteiger partial charge in [-0.25, -0.2) is 4.98 Å². The van der Waals surface area contributed by atoms with Crippen LogP contribution in [-0.2, 0) is 6.54 Å². The normalized spacial score (nSPS) is 12.1. The maximum Gasteiger partial charge on any atom is 0.153 e. The number of nitrogens with zero attached hydrogens (tertiary/aromatic N) is 2. The lowest BCUT2D eigenvalue weighted by atomic mass is 10.2. The number of rotatable bonds is 8. The molecule has 0 N–H and O–H groups in total. The SMILES string of the molecule is Cc1cccc(OCCCn2c(C(C)Oc3ccc(Cl)cc3)nc3ccccc32)c1. The number of halogens is 1. The van der Waals surface area contributed by atoms with E-state index in [0.717, 1.165) is 41.3 Å². The van der Waals surface area contributed by atoms with Gasteiger partial charge in [0.1, 0.15) is 11.5 Å². The van der Waals surface area contributed by atoms with E-state index in [1.807, 2.05) is 61.5 Å². The molecule has 0 aliphatic rings. The lowest BCUT2D eigenvalue weighted by molar-refractivity contribution is 0.210. The zero-order valence-corrected chi connectivity index (χ0v) is 18.0. The van der Waals surface area contributed by atoms with Gasteiger partial charge in [0.25, 0.3) is 0 Å². The van der Waals surface area contributed by atoms with Crippen LogP contribution in [0.15, 0.2) is 72.8 Å². The smallest absolute Gasteiger partial charge is 0.153 e. The van der Waals surface area contributed by atoms with Gasteiger partial charge in [-0.05, 0) is 74.4 Å². The van der Waals surface area contributed by atoms with E-state index in [0.29, 0.717) is 11.6 Å². The van der Waals surface area contributed by atoms with Crippen molar-refractivity contribution in [3.05, 3.63) is 89.2 Å². The van der Waals surface area contributed by atoms with Gasteiger partial charge in [0.15, 0.2) is 11.9 Å². The van der Waals surface area contributed by atoms with E-state index in [1.165, 1.54) is 5.56 Å². The molecule has 0 aliphatic heterocycles. The van der Waals surface area contributed by atoms with Crippen molar-refractivity contribution >= 4 is 22.6 Å². The summed E-state index contributed by atoms with van der Waals surface area (Å²) in [5.41, 5.74) is 3.27. The molecule has 1 atom stereocenters. The summed E-state index contributed by atoms with van der Waals surface area (Å²) in [7, 11) is 0. The number of ether oxygens (including phenoxy) is 2. The first kappa shape index (κ1) is 20.3. The van der Waals surface area contributed by atoms with Crippen LogP contribution in [0.5, 0.6) is 11.5 Å². The standard InChI is InChI=1S/C25H25ClN2O2/c1-18-7-5-8-22(17-18)29-16-6-15-28-24-10-4-3-9-23(24)27-25(28)19(2)30-21-13-11-20(26)12-14-21/h3-5,7-14,17,19H,6,15-16H2,1-2H3. The Labute approximate surface area is 182 Å². The second-order valence-electron chi connectivity index (χ2n) is 7.34. The number of fused-ring (bicyclic) bond motifs is 1. The Balaban J connectivity index is 1.49. The predicted octanol–water partition coefficient (Wildman–Crippen LogP) is 6.61. The number of imidazole rings is 1. The molecule has 0 saturated carbocycles. The molecule has 0 radical (unpaired) electrons. The van der Waals surface area contributed by atoms with Crippen molar-refractivity contribution in [3.63, 3.8) is 0 Å². The average Bonchev–Trinajstić information content (AvgIpc) is 3.12. The summed E-state index contributed by atoms with van der Waals surface area (Å²) in [6.07, 6.45) is 0.672. The molecule has 1 heterocycles. The van der Waals surface area contributed by atoms with Crippen LogP contribution in [0.3, 0.4) is 0 Å². The Morgan fingerprint density at radius 2 is 1.77 bits per heavy atom. The van der Waals surface area contributed by atoms with E-state index in [-0.39, 0.29) is 6.10 Å². The molecule has 30 heavy (non-hydrogen) atoms. The van der Waals surface area contributed by atoms with Crippen LogP contribution in [0.1, 0.15) is 30.8 Å². The molecule has 3 aromatic carbocycles. The Kier molecular flexibility index (Phi) is 6.24. The van der Waals surface area contributed by atoms with E-state index in [9.17, 15) is 0 Å². The van der Waals surface area contributed by atoms with Crippen LogP contribution in [0.4, 0.5) is 0 Å². The van der Waals surface area contributed by atoms with Crippen LogP contribution in [0.25, 0.3) is 11.0 Å². The molecule has 0 spiro atoms. The fraction of sp³-hybridized carbons (Fsp3) is 0.240. The van der Waals surface area contributed by atoms with Crippen molar-refractivity contribution in [3.8, 4) is 11.5 Å². The molecule has 0 bridgehead atoms. The number of hydrogen-bond acceptors (Lipinski definition) is 3. The number of aromatic nitrogens is 2. The fourth-order valence-electron chi connectivity index (χ4n) is 3.53. The van der Waals surface area contributed by atoms with Gasteiger partial charge in [0.05, 0.1) is 17.6 Å². The fourth-order valence-corrected chi connectivity index (χ4v) is 3.65. The number of aryl methyl sites for hydroxylation is 2. The van der Waals surface area contributed by atoms with Gasteiger partial charge in [0, 0.05) is 11.6 Å². The number of hydrogen-bond donors (Lipinski definition) is 0. The zero-order valence-electron chi connectivity index (χ0n) is 17.2. The molecule has 0 amide bonds. The summed E-state index contributed by atoms with van der Waals surface area (Å²) < 4.78 is 14.3. The van der Waals surface area contributed by atoms with Crippen molar-refractivity contribution in [1.29, 1.82) is 0 Å². The van der Waals surface area contributed by atoms with Crippen molar-refractivity contribution < 1.29 is 9.47 Å². The Morgan fingerprint density at radius 3 is 2.57 bits per heavy atom. The Hall–Kier alpha value is -2.98. The second kappa shape index (κ2) is 9.23. The van der Waals surface area contributed by atoms with Gasteiger partial charge in [0.2, 0.25) is 0 Å². The highest BCUT2D eigenvalue weighted by molar-refractivity contribution is 6.30. The van der Waals surface area contributed by atoms with Gasteiger partial charge in [-0.2, -0.15) is 0 Å². The molecule has 1 aromatic heterocycles. The lowest BCUT2D eigenvalue weighted by Crippen LogP contribution is -2.13. The van der Waals surface area contributed by atoms with Gasteiger partial charge < -0.3 is 14.0 Å². The van der Waals surface area contributed by atoms with Crippen LogP contribution in [-0.4, -0.2) is 16.2 Å². The molecule has 0 saturated heterocycles. The largest absolute Gasteiger partial charge is 0.494 e. The van der Waals surface area contributed by atoms with Crippen molar-refractivity contribution in [2.45, 2.75) is 32.9 Å². The topological polar surface area (TPSA) is 36.3 Å². The molecular formula is C25H25ClN2O2. The van der Waals surface area contributed by atoms with Crippen LogP contribution in [0, 0.1) is 6.92 Å². The quantitative estimate of drug-likeness (QED) is 0.301. The second-order valence-corrected chi connectivity index (χ2v) is 7.78. The highest BCUT2D eigenvalue weighted by Crippen LogP contribution is 2.26. The lowest BCUT2D eigenvalue weighted by Gasteiger charge is -2.17. The molecule has 4 aromatic rings. The summed E-state index contributed by atoms with van der Waals surface area (Å²) in [5.74, 6) is 2.58. The maximum absolute atomic E-state index is 6.14. The third-order valence-electron chi connectivity index (χ3n) is 4.96. The van der Waals surface area contributed by atoms with Crippen molar-refractivity contribution in [2.75, 3.05) is 6.61 Å². The summed E-state index contributed by atoms with van der Waals surface area (Å²) >= 11 is 5.98. The highest BCUT2D eigenvalue weighted by atomic mass is 35.5. The van der Waals surface area contributed by atoms with E-state index < -0.39 is 0 Å². The zero-order chi connectivity index (χ0) is 20.9. The minimum atomic E-state index is -0.198. The average molecular weight is 421 g/mol. The highest BCUT2D eigenvalue weighted by Gasteiger charge is 2.18. The molecule has 154 valence electrons. The molecule has 0 aliphatic carbocycles. The first-order chi connectivity index (χ1) is 14.6. The minimum absolute atomic E-state index is 0.198. The molecule has 4 nitrogen and oxygen atoms in total. The predicted molar refractivity (Wildman–Crippen MR) is 122 cm³/mol. The van der Waals surface area contributed by atoms with E-state index in [4.69, 9.17) is 26.1 Å². The molecule has 1 unspecified atom stereocenters. The minimum Gasteiger partial charge on any atom is -0.494 e. The summed E-state index contributed by atoms with van der Waals surface area (Å²) in [6, 6.07) is 23.7. The number of benzene rings is 3. The first-order valence-corrected chi connectivity index (χ1v) is 10.5. The van der Waals surface area contributed by atoms with Crippen LogP contribution in [0.2, 0.25) is 5.02 Å². The monoisotopic (exact) mass is 420 g/mol. The van der Waals surface area contributed by atoms with Crippen LogP contribution < -0.4 is 9.47 Å². The molecular weight excluding hydrogens is 396 g/mol. The third kappa shape index (κ3) is 4.77. The van der Waals surface area contributed by atoms with E-state index in [1.54, 1.807) is 0 Å².